The first-order valence-corrected chi connectivity index (χ1v) is 14.8. The molecule has 40 heavy (non-hydrogen) atoms. The van der Waals surface area contributed by atoms with E-state index in [9.17, 15) is 9.90 Å². The number of rotatable bonds is 11. The van der Waals surface area contributed by atoms with Crippen molar-refractivity contribution in [3.63, 3.8) is 0 Å². The molecule has 1 aliphatic heterocycles. The molecule has 0 bridgehead atoms. The summed E-state index contributed by atoms with van der Waals surface area (Å²) >= 11 is 1.46. The highest BCUT2D eigenvalue weighted by molar-refractivity contribution is 7.99. The number of ether oxygens (including phenoxy) is 3. The Balaban J connectivity index is 1.29. The molecule has 4 aromatic carbocycles. The molecule has 1 saturated heterocycles. The molecule has 210 valence electrons. The molecule has 1 heterocycles. The van der Waals surface area contributed by atoms with Gasteiger partial charge < -0.3 is 30.4 Å². The third-order valence-electron chi connectivity index (χ3n) is 7.23. The Bertz CT molecular complexity index is 1430. The van der Waals surface area contributed by atoms with Crippen LogP contribution in [0, 0.1) is 0 Å². The molecule has 1 aliphatic rings. The van der Waals surface area contributed by atoms with E-state index in [0.717, 1.165) is 27.3 Å². The molecule has 0 spiro atoms. The van der Waals surface area contributed by atoms with E-state index in [4.69, 9.17) is 19.9 Å². The number of nitrogens with two attached hydrogens (primary N) is 1. The van der Waals surface area contributed by atoms with Crippen molar-refractivity contribution >= 4 is 39.2 Å². The monoisotopic (exact) mass is 560 g/mol. The van der Waals surface area contributed by atoms with Gasteiger partial charge in [-0.3, -0.25) is 4.79 Å². The van der Waals surface area contributed by atoms with Gasteiger partial charge in [0.05, 0.1) is 25.9 Å². The van der Waals surface area contributed by atoms with Crippen molar-refractivity contribution in [3.05, 3.63) is 96.1 Å². The lowest BCUT2D eigenvalue weighted by Gasteiger charge is -2.44. The topological polar surface area (TPSA) is 103 Å². The van der Waals surface area contributed by atoms with Crippen molar-refractivity contribution in [1.29, 1.82) is 0 Å². The van der Waals surface area contributed by atoms with Gasteiger partial charge in [0.2, 0.25) is 5.91 Å². The minimum Gasteiger partial charge on any atom is -0.388 e. The average molecular weight is 561 g/mol. The van der Waals surface area contributed by atoms with Gasteiger partial charge in [-0.15, -0.1) is 11.8 Å². The summed E-state index contributed by atoms with van der Waals surface area (Å²) in [7, 11) is 0. The third-order valence-corrected chi connectivity index (χ3v) is 8.09. The zero-order valence-corrected chi connectivity index (χ0v) is 23.4. The van der Waals surface area contributed by atoms with Crippen LogP contribution >= 0.6 is 11.8 Å². The highest BCUT2D eigenvalue weighted by atomic mass is 32.2. The standard InChI is InChI=1S/C32H36N2O5S/c1-40-32-29(34-28(35)14-15-33)31(38-19-22-11-13-24-7-3-5-9-26(24)17-22)30(36)27(39-32)20-37-18-21-10-12-23-6-2-4-8-25(23)16-21/h2-13,16-17,27,29-32,36H,14-15,18-20,33H2,1H3,(H,34,35)/t27-,29-,30-,31+,32+/m1/s1. The maximum atomic E-state index is 12.5. The van der Waals surface area contributed by atoms with Crippen LogP contribution in [0.15, 0.2) is 84.9 Å². The minimum absolute atomic E-state index is 0.184. The number of carbonyl (C=O) groups excluding carboxylic acids is 1. The van der Waals surface area contributed by atoms with Crippen LogP contribution in [-0.4, -0.2) is 60.2 Å². The molecule has 4 N–H and O–H groups in total. The predicted molar refractivity (Wildman–Crippen MR) is 160 cm³/mol. The predicted octanol–water partition coefficient (Wildman–Crippen LogP) is 4.38. The van der Waals surface area contributed by atoms with Gasteiger partial charge in [-0.2, -0.15) is 0 Å². The van der Waals surface area contributed by atoms with Crippen molar-refractivity contribution in [1.82, 2.24) is 5.32 Å². The highest BCUT2D eigenvalue weighted by Crippen LogP contribution is 2.30. The summed E-state index contributed by atoms with van der Waals surface area (Å²) in [6, 6.07) is 28.2. The Kier molecular flexibility index (Phi) is 9.70. The van der Waals surface area contributed by atoms with E-state index in [1.54, 1.807) is 0 Å². The number of fused-ring (bicyclic) bond motifs is 2. The van der Waals surface area contributed by atoms with Crippen LogP contribution in [0.3, 0.4) is 0 Å². The first-order chi connectivity index (χ1) is 19.6. The number of thioether (sulfide) groups is 1. The van der Waals surface area contributed by atoms with Crippen LogP contribution in [0.2, 0.25) is 0 Å². The second-order valence-corrected chi connectivity index (χ2v) is 11.0. The summed E-state index contributed by atoms with van der Waals surface area (Å²) in [4.78, 5) is 12.5. The number of carbonyl (C=O) groups is 1. The van der Waals surface area contributed by atoms with Crippen LogP contribution in [0.25, 0.3) is 21.5 Å². The van der Waals surface area contributed by atoms with E-state index in [2.05, 4.69) is 53.8 Å². The molecule has 0 aliphatic carbocycles. The summed E-state index contributed by atoms with van der Waals surface area (Å²) in [6.07, 6.45) is -0.235. The number of aliphatic hydroxyl groups excluding tert-OH is 1. The normalized spacial score (nSPS) is 22.9. The molecule has 4 aromatic rings. The first kappa shape index (κ1) is 28.5. The zero-order valence-electron chi connectivity index (χ0n) is 22.6. The quantitative estimate of drug-likeness (QED) is 0.250. The number of hydrogen-bond acceptors (Lipinski definition) is 7. The molecular formula is C32H36N2O5S. The van der Waals surface area contributed by atoms with Gasteiger partial charge in [-0.1, -0.05) is 72.8 Å². The van der Waals surface area contributed by atoms with Gasteiger partial charge in [0.25, 0.3) is 0 Å². The van der Waals surface area contributed by atoms with Crippen LogP contribution in [0.5, 0.6) is 0 Å². The fraction of sp³-hybridized carbons (Fsp3) is 0.344. The van der Waals surface area contributed by atoms with Gasteiger partial charge in [-0.25, -0.2) is 0 Å². The van der Waals surface area contributed by atoms with Crippen LogP contribution < -0.4 is 11.1 Å². The Morgan fingerprint density at radius 1 is 0.925 bits per heavy atom. The summed E-state index contributed by atoms with van der Waals surface area (Å²) in [6.45, 7) is 1.09. The molecular weight excluding hydrogens is 524 g/mol. The third kappa shape index (κ3) is 6.83. The molecule has 0 radical (unpaired) electrons. The number of hydrogen-bond donors (Lipinski definition) is 3. The number of nitrogens with one attached hydrogen (secondary N) is 1. The van der Waals surface area contributed by atoms with E-state index in [1.807, 2.05) is 42.7 Å². The Morgan fingerprint density at radius 3 is 2.12 bits per heavy atom. The molecule has 5 rings (SSSR count). The maximum absolute atomic E-state index is 12.5. The van der Waals surface area contributed by atoms with Crippen LogP contribution in [-0.2, 0) is 32.2 Å². The minimum atomic E-state index is -1.01. The molecule has 1 amide bonds. The van der Waals surface area contributed by atoms with Crippen molar-refractivity contribution in [2.75, 3.05) is 19.4 Å². The lowest BCUT2D eigenvalue weighted by Crippen LogP contribution is -2.64. The van der Waals surface area contributed by atoms with Crippen molar-refractivity contribution in [2.45, 2.75) is 49.4 Å². The number of amides is 1. The SMILES string of the molecule is CS[C@@H]1O[C@H](COCc2ccc3ccccc3c2)[C@@H](O)[C@@H](OCc2ccc3ccccc3c2)[C@H]1NC(=O)CCN. The second-order valence-electron chi connectivity index (χ2n) is 10.1. The molecule has 5 atom stereocenters. The largest absolute Gasteiger partial charge is 0.388 e. The first-order valence-electron chi connectivity index (χ1n) is 13.6. The molecule has 1 fully saturated rings. The zero-order chi connectivity index (χ0) is 27.9. The van der Waals surface area contributed by atoms with Gasteiger partial charge in [0.15, 0.2) is 0 Å². The average Bonchev–Trinajstić information content (AvgIpc) is 2.98. The van der Waals surface area contributed by atoms with Crippen molar-refractivity contribution < 1.29 is 24.1 Å². The lowest BCUT2D eigenvalue weighted by atomic mass is 9.97. The molecule has 0 saturated carbocycles. The highest BCUT2D eigenvalue weighted by Gasteiger charge is 2.46. The van der Waals surface area contributed by atoms with E-state index >= 15 is 0 Å². The second kappa shape index (κ2) is 13.6. The molecule has 8 heteroatoms. The summed E-state index contributed by atoms with van der Waals surface area (Å²) in [5.41, 5.74) is 7.20. The Morgan fingerprint density at radius 2 is 1.52 bits per heavy atom. The Hall–Kier alpha value is -2.98. The van der Waals surface area contributed by atoms with E-state index in [1.165, 1.54) is 17.1 Å². The van der Waals surface area contributed by atoms with Crippen LogP contribution in [0.4, 0.5) is 0 Å². The molecule has 0 unspecified atom stereocenters. The van der Waals surface area contributed by atoms with E-state index < -0.39 is 29.8 Å². The summed E-state index contributed by atoms with van der Waals surface area (Å²) < 4.78 is 18.6. The smallest absolute Gasteiger partial charge is 0.221 e. The maximum Gasteiger partial charge on any atom is 0.221 e. The fourth-order valence-electron chi connectivity index (χ4n) is 5.14. The Labute approximate surface area is 239 Å². The molecule has 7 nitrogen and oxygen atoms in total. The fourth-order valence-corrected chi connectivity index (χ4v) is 5.91. The summed E-state index contributed by atoms with van der Waals surface area (Å²) in [5.74, 6) is -0.201. The number of benzene rings is 4. The van der Waals surface area contributed by atoms with E-state index in [0.29, 0.717) is 6.61 Å². The van der Waals surface area contributed by atoms with Crippen molar-refractivity contribution in [2.24, 2.45) is 5.73 Å². The molecule has 0 aromatic heterocycles. The van der Waals surface area contributed by atoms with Gasteiger partial charge in [0.1, 0.15) is 23.7 Å². The summed E-state index contributed by atoms with van der Waals surface area (Å²) in [5, 5.41) is 19.0. The van der Waals surface area contributed by atoms with Gasteiger partial charge in [0, 0.05) is 13.0 Å². The van der Waals surface area contributed by atoms with E-state index in [-0.39, 0.29) is 32.1 Å². The van der Waals surface area contributed by atoms with Crippen LogP contribution in [0.1, 0.15) is 17.5 Å². The van der Waals surface area contributed by atoms with Gasteiger partial charge in [-0.05, 0) is 51.1 Å². The lowest BCUT2D eigenvalue weighted by molar-refractivity contribution is -0.196. The van der Waals surface area contributed by atoms with Gasteiger partial charge >= 0.3 is 0 Å². The van der Waals surface area contributed by atoms with Crippen molar-refractivity contribution in [3.8, 4) is 0 Å². The number of aliphatic hydroxyl groups is 1.